The molecule has 0 aromatic carbocycles. The first-order valence-electron chi connectivity index (χ1n) is 9.03. The molecule has 1 aliphatic rings. The summed E-state index contributed by atoms with van der Waals surface area (Å²) in [7, 11) is 0. The normalized spacial score (nSPS) is 16.3. The van der Waals surface area contributed by atoms with Crippen LogP contribution in [0.5, 0.6) is 0 Å². The first kappa shape index (κ1) is 17.3. The van der Waals surface area contributed by atoms with E-state index >= 15 is 0 Å². The molecule has 8 heteroatoms. The van der Waals surface area contributed by atoms with Crippen LogP contribution in [0.1, 0.15) is 67.7 Å². The van der Waals surface area contributed by atoms with Crippen molar-refractivity contribution in [2.75, 3.05) is 18.0 Å². The number of H-pyrrole nitrogens is 1. The highest BCUT2D eigenvalue weighted by Gasteiger charge is 2.19. The first-order valence-corrected chi connectivity index (χ1v) is 9.03. The summed E-state index contributed by atoms with van der Waals surface area (Å²) in [6.07, 6.45) is 8.28. The van der Waals surface area contributed by atoms with Gasteiger partial charge in [0.25, 0.3) is 5.91 Å². The van der Waals surface area contributed by atoms with Crippen LogP contribution in [-0.4, -0.2) is 44.6 Å². The lowest BCUT2D eigenvalue weighted by Crippen LogP contribution is -2.30. The fourth-order valence-electron chi connectivity index (χ4n) is 3.12. The fraction of sp³-hybridized carbons (Fsp3) is 0.588. The third-order valence-corrected chi connectivity index (χ3v) is 4.50. The van der Waals surface area contributed by atoms with Crippen molar-refractivity contribution in [3.8, 4) is 0 Å². The third kappa shape index (κ3) is 4.52. The molecule has 3 heterocycles. The van der Waals surface area contributed by atoms with E-state index in [9.17, 15) is 4.79 Å². The van der Waals surface area contributed by atoms with Crippen LogP contribution in [-0.2, 0) is 0 Å². The number of carbonyl (C=O) groups excluding carboxylic acids is 1. The number of nitrogens with zero attached hydrogens (tertiary/aromatic N) is 5. The summed E-state index contributed by atoms with van der Waals surface area (Å²) in [4.78, 5) is 19.3. The number of nitrogens with one attached hydrogen (secondary N) is 2. The number of hydrogen-bond acceptors (Lipinski definition) is 6. The summed E-state index contributed by atoms with van der Waals surface area (Å²) in [6, 6.07) is 3.52. The molecule has 1 amide bonds. The first-order chi connectivity index (χ1) is 12.3. The Hall–Kier alpha value is -2.51. The van der Waals surface area contributed by atoms with Crippen molar-refractivity contribution in [1.29, 1.82) is 0 Å². The number of tetrazole rings is 1. The van der Waals surface area contributed by atoms with Gasteiger partial charge < -0.3 is 10.2 Å². The number of anilines is 1. The minimum absolute atomic E-state index is 0.168. The smallest absolute Gasteiger partial charge is 0.253 e. The highest BCUT2D eigenvalue weighted by molar-refractivity contribution is 5.94. The third-order valence-electron chi connectivity index (χ3n) is 4.50. The van der Waals surface area contributed by atoms with Crippen LogP contribution >= 0.6 is 0 Å². The van der Waals surface area contributed by atoms with Gasteiger partial charge in [-0.1, -0.05) is 31.4 Å². The van der Waals surface area contributed by atoms with Gasteiger partial charge in [-0.05, 0) is 31.4 Å². The summed E-state index contributed by atoms with van der Waals surface area (Å²) < 4.78 is 0. The van der Waals surface area contributed by atoms with Gasteiger partial charge in [0.1, 0.15) is 5.82 Å². The predicted octanol–water partition coefficient (Wildman–Crippen LogP) is 2.25. The molecule has 134 valence electrons. The maximum Gasteiger partial charge on any atom is 0.253 e. The Morgan fingerprint density at radius 2 is 2.08 bits per heavy atom. The molecule has 0 bridgehead atoms. The molecule has 0 aliphatic carbocycles. The average Bonchev–Trinajstić information content (AvgIpc) is 3.04. The van der Waals surface area contributed by atoms with E-state index in [1.807, 2.05) is 12.1 Å². The van der Waals surface area contributed by atoms with E-state index in [1.165, 1.54) is 25.7 Å². The molecule has 1 fully saturated rings. The lowest BCUT2D eigenvalue weighted by molar-refractivity contribution is 0.0932. The lowest BCUT2D eigenvalue weighted by atomic mass is 10.1. The van der Waals surface area contributed by atoms with E-state index in [1.54, 1.807) is 6.20 Å². The number of pyridine rings is 1. The molecular weight excluding hydrogens is 318 g/mol. The Kier molecular flexibility index (Phi) is 5.92. The minimum Gasteiger partial charge on any atom is -0.357 e. The molecule has 1 atom stereocenters. The number of aromatic amines is 1. The van der Waals surface area contributed by atoms with E-state index < -0.39 is 0 Å². The van der Waals surface area contributed by atoms with Crippen molar-refractivity contribution in [1.82, 2.24) is 30.9 Å². The van der Waals surface area contributed by atoms with Gasteiger partial charge in [-0.2, -0.15) is 5.21 Å². The van der Waals surface area contributed by atoms with Gasteiger partial charge in [0.2, 0.25) is 0 Å². The Bertz CT molecular complexity index is 648. The SMILES string of the molecule is CCC[C@H](NC(=O)c1ccc(N2CCCCCC2)nc1)c1nn[nH]n1. The van der Waals surface area contributed by atoms with E-state index in [0.29, 0.717) is 11.4 Å². The summed E-state index contributed by atoms with van der Waals surface area (Å²) >= 11 is 0. The molecule has 1 aliphatic heterocycles. The highest BCUT2D eigenvalue weighted by Crippen LogP contribution is 2.18. The molecule has 2 N–H and O–H groups in total. The van der Waals surface area contributed by atoms with Gasteiger partial charge in [0, 0.05) is 19.3 Å². The van der Waals surface area contributed by atoms with Crippen molar-refractivity contribution in [3.63, 3.8) is 0 Å². The number of amides is 1. The van der Waals surface area contributed by atoms with Crippen molar-refractivity contribution in [2.24, 2.45) is 0 Å². The van der Waals surface area contributed by atoms with Crippen LogP contribution < -0.4 is 10.2 Å². The zero-order valence-electron chi connectivity index (χ0n) is 14.6. The van der Waals surface area contributed by atoms with Gasteiger partial charge in [0.05, 0.1) is 11.6 Å². The van der Waals surface area contributed by atoms with Gasteiger partial charge in [0.15, 0.2) is 5.82 Å². The Balaban J connectivity index is 1.65. The van der Waals surface area contributed by atoms with Gasteiger partial charge in [-0.3, -0.25) is 4.79 Å². The summed E-state index contributed by atoms with van der Waals surface area (Å²) in [6.45, 7) is 4.13. The molecule has 3 rings (SSSR count). The van der Waals surface area contributed by atoms with Crippen molar-refractivity contribution >= 4 is 11.7 Å². The Morgan fingerprint density at radius 1 is 1.28 bits per heavy atom. The monoisotopic (exact) mass is 343 g/mol. The minimum atomic E-state index is -0.249. The van der Waals surface area contributed by atoms with Crippen LogP contribution in [0.15, 0.2) is 18.3 Å². The van der Waals surface area contributed by atoms with E-state index in [0.717, 1.165) is 31.7 Å². The van der Waals surface area contributed by atoms with E-state index in [2.05, 4.69) is 42.7 Å². The average molecular weight is 343 g/mol. The Labute approximate surface area is 147 Å². The van der Waals surface area contributed by atoms with Gasteiger partial charge in [-0.15, -0.1) is 10.2 Å². The molecule has 2 aromatic rings. The number of hydrogen-bond donors (Lipinski definition) is 2. The van der Waals surface area contributed by atoms with Crippen LogP contribution in [0, 0.1) is 0 Å². The van der Waals surface area contributed by atoms with Gasteiger partial charge >= 0.3 is 0 Å². The van der Waals surface area contributed by atoms with E-state index in [4.69, 9.17) is 0 Å². The number of rotatable bonds is 6. The second kappa shape index (κ2) is 8.55. The quantitative estimate of drug-likeness (QED) is 0.834. The van der Waals surface area contributed by atoms with Crippen LogP contribution in [0.25, 0.3) is 0 Å². The second-order valence-corrected chi connectivity index (χ2v) is 6.39. The van der Waals surface area contributed by atoms with Crippen molar-refractivity contribution < 1.29 is 4.79 Å². The summed E-state index contributed by atoms with van der Waals surface area (Å²) in [5, 5.41) is 16.9. The molecule has 25 heavy (non-hydrogen) atoms. The molecular formula is C17H25N7O. The summed E-state index contributed by atoms with van der Waals surface area (Å²) in [5.74, 6) is 1.28. The lowest BCUT2D eigenvalue weighted by Gasteiger charge is -2.21. The number of carbonyl (C=O) groups is 1. The molecule has 2 aromatic heterocycles. The molecule has 0 saturated carbocycles. The number of aromatic nitrogens is 5. The molecule has 0 spiro atoms. The molecule has 0 radical (unpaired) electrons. The highest BCUT2D eigenvalue weighted by atomic mass is 16.1. The molecule has 0 unspecified atom stereocenters. The molecule has 8 nitrogen and oxygen atoms in total. The van der Waals surface area contributed by atoms with Crippen LogP contribution in [0.3, 0.4) is 0 Å². The zero-order chi connectivity index (χ0) is 17.5. The molecule has 1 saturated heterocycles. The maximum absolute atomic E-state index is 12.5. The fourth-order valence-corrected chi connectivity index (χ4v) is 3.12. The topological polar surface area (TPSA) is 99.7 Å². The van der Waals surface area contributed by atoms with E-state index in [-0.39, 0.29) is 11.9 Å². The second-order valence-electron chi connectivity index (χ2n) is 6.39. The van der Waals surface area contributed by atoms with Crippen molar-refractivity contribution in [2.45, 2.75) is 51.5 Å². The predicted molar refractivity (Wildman–Crippen MR) is 94.2 cm³/mol. The zero-order valence-corrected chi connectivity index (χ0v) is 14.6. The largest absolute Gasteiger partial charge is 0.357 e. The summed E-state index contributed by atoms with van der Waals surface area (Å²) in [5.41, 5.74) is 0.545. The maximum atomic E-state index is 12.5. The van der Waals surface area contributed by atoms with Gasteiger partial charge in [-0.25, -0.2) is 4.98 Å². The standard InChI is InChI=1S/C17H25N7O/c1-2-7-14(16-20-22-23-21-16)19-17(25)13-8-9-15(18-12-13)24-10-5-3-4-6-11-24/h8-9,12,14H,2-7,10-11H2,1H3,(H,19,25)(H,20,21,22,23)/t14-/m0/s1. The van der Waals surface area contributed by atoms with Crippen LogP contribution in [0.4, 0.5) is 5.82 Å². The Morgan fingerprint density at radius 3 is 2.68 bits per heavy atom. The van der Waals surface area contributed by atoms with Crippen molar-refractivity contribution in [3.05, 3.63) is 29.7 Å². The van der Waals surface area contributed by atoms with Crippen LogP contribution in [0.2, 0.25) is 0 Å².